The van der Waals surface area contributed by atoms with E-state index >= 15 is 0 Å². The van der Waals surface area contributed by atoms with E-state index in [0.29, 0.717) is 22.6 Å². The summed E-state index contributed by atoms with van der Waals surface area (Å²) in [6.07, 6.45) is 1.51. The molecule has 9 nitrogen and oxygen atoms in total. The fraction of sp³-hybridized carbons (Fsp3) is 0.125. The van der Waals surface area contributed by atoms with Crippen LogP contribution in [0, 0.1) is 0 Å². The number of carbonyl (C=O) groups excluding carboxylic acids is 1. The van der Waals surface area contributed by atoms with Crippen molar-refractivity contribution in [3.05, 3.63) is 58.3 Å². The number of pyridine rings is 1. The third kappa shape index (κ3) is 2.94. The first-order valence-corrected chi connectivity index (χ1v) is 7.39. The number of ether oxygens (including phenoxy) is 2. The highest BCUT2D eigenvalue weighted by molar-refractivity contribution is 5.94. The molecule has 1 amide bonds. The van der Waals surface area contributed by atoms with Crippen molar-refractivity contribution in [2.45, 2.75) is 6.54 Å². The molecule has 1 aromatic carbocycles. The Hall–Kier alpha value is -3.62. The predicted molar refractivity (Wildman–Crippen MR) is 84.1 cm³/mol. The molecule has 1 aliphatic rings. The highest BCUT2D eigenvalue weighted by Gasteiger charge is 2.17. The van der Waals surface area contributed by atoms with Crippen LogP contribution in [0.3, 0.4) is 0 Å². The van der Waals surface area contributed by atoms with Gasteiger partial charge in [0, 0.05) is 11.8 Å². The van der Waals surface area contributed by atoms with Crippen LogP contribution in [0.4, 0.5) is 0 Å². The first-order valence-electron chi connectivity index (χ1n) is 7.39. The van der Waals surface area contributed by atoms with E-state index in [0.717, 1.165) is 0 Å². The molecule has 3 aromatic rings. The molecule has 0 saturated carbocycles. The smallest absolute Gasteiger partial charge is 0.259 e. The van der Waals surface area contributed by atoms with Gasteiger partial charge in [0.25, 0.3) is 11.5 Å². The number of nitrogens with one attached hydrogen (secondary N) is 2. The standard InChI is InChI=1S/C16H12N4O5/c21-15(9-3-4-11-12(6-9)24-8-23-11)18-7-13-19-14(20-25-13)10-2-1-5-17-16(10)22/h1-6H,7-8H2,(H,17,22)(H,18,21). The Bertz CT molecular complexity index is 994. The minimum Gasteiger partial charge on any atom is -0.454 e. The Morgan fingerprint density at radius 2 is 2.12 bits per heavy atom. The van der Waals surface area contributed by atoms with E-state index < -0.39 is 0 Å². The quantitative estimate of drug-likeness (QED) is 0.729. The number of carbonyl (C=O) groups is 1. The molecule has 1 aliphatic heterocycles. The molecule has 0 aliphatic carbocycles. The lowest BCUT2D eigenvalue weighted by atomic mass is 10.2. The Labute approximate surface area is 140 Å². The summed E-state index contributed by atoms with van der Waals surface area (Å²) in [6, 6.07) is 8.14. The second-order valence-electron chi connectivity index (χ2n) is 5.18. The Morgan fingerprint density at radius 1 is 1.24 bits per heavy atom. The second kappa shape index (κ2) is 6.11. The van der Waals surface area contributed by atoms with Crippen LogP contribution in [0.15, 0.2) is 45.8 Å². The van der Waals surface area contributed by atoms with Gasteiger partial charge in [-0.3, -0.25) is 9.59 Å². The zero-order valence-electron chi connectivity index (χ0n) is 12.8. The molecule has 3 heterocycles. The summed E-state index contributed by atoms with van der Waals surface area (Å²) in [5.41, 5.74) is 0.391. The predicted octanol–water partition coefficient (Wildman–Crippen LogP) is 1.08. The van der Waals surface area contributed by atoms with E-state index in [1.54, 1.807) is 30.3 Å². The largest absolute Gasteiger partial charge is 0.454 e. The third-order valence-electron chi connectivity index (χ3n) is 3.56. The second-order valence-corrected chi connectivity index (χ2v) is 5.18. The summed E-state index contributed by atoms with van der Waals surface area (Å²) >= 11 is 0. The minimum absolute atomic E-state index is 0.0328. The van der Waals surface area contributed by atoms with Crippen molar-refractivity contribution < 1.29 is 18.8 Å². The zero-order valence-corrected chi connectivity index (χ0v) is 12.8. The molecule has 0 fully saturated rings. The molecule has 25 heavy (non-hydrogen) atoms. The lowest BCUT2D eigenvalue weighted by molar-refractivity contribution is 0.0946. The number of fused-ring (bicyclic) bond motifs is 1. The van der Waals surface area contributed by atoms with Gasteiger partial charge in [0.2, 0.25) is 18.5 Å². The SMILES string of the molecule is O=C(NCc1nc(-c2ccc[nH]c2=O)no1)c1ccc2c(c1)OCO2. The minimum atomic E-state index is -0.324. The van der Waals surface area contributed by atoms with Crippen LogP contribution < -0.4 is 20.3 Å². The van der Waals surface area contributed by atoms with Gasteiger partial charge in [-0.2, -0.15) is 4.98 Å². The van der Waals surface area contributed by atoms with Crippen LogP contribution in [-0.2, 0) is 6.54 Å². The van der Waals surface area contributed by atoms with Gasteiger partial charge in [-0.1, -0.05) is 5.16 Å². The summed E-state index contributed by atoms with van der Waals surface area (Å²) < 4.78 is 15.5. The molecule has 0 saturated heterocycles. The zero-order chi connectivity index (χ0) is 17.2. The van der Waals surface area contributed by atoms with Gasteiger partial charge in [0.15, 0.2) is 11.5 Å². The van der Waals surface area contributed by atoms with Crippen molar-refractivity contribution in [1.29, 1.82) is 0 Å². The molecule has 0 unspecified atom stereocenters. The molecule has 2 aromatic heterocycles. The van der Waals surface area contributed by atoms with E-state index in [-0.39, 0.29) is 36.5 Å². The van der Waals surface area contributed by atoms with Crippen LogP contribution in [0.2, 0.25) is 0 Å². The van der Waals surface area contributed by atoms with Gasteiger partial charge in [-0.15, -0.1) is 0 Å². The number of benzene rings is 1. The van der Waals surface area contributed by atoms with Crippen molar-refractivity contribution in [3.8, 4) is 22.9 Å². The van der Waals surface area contributed by atoms with Crippen molar-refractivity contribution in [1.82, 2.24) is 20.4 Å². The Morgan fingerprint density at radius 3 is 3.00 bits per heavy atom. The Balaban J connectivity index is 1.44. The fourth-order valence-electron chi connectivity index (χ4n) is 2.33. The van der Waals surface area contributed by atoms with Crippen molar-refractivity contribution in [3.63, 3.8) is 0 Å². The topological polar surface area (TPSA) is 119 Å². The fourth-order valence-corrected chi connectivity index (χ4v) is 2.33. The molecule has 0 atom stereocenters. The normalized spacial score (nSPS) is 12.2. The van der Waals surface area contributed by atoms with Crippen LogP contribution in [0.5, 0.6) is 11.5 Å². The Kier molecular flexibility index (Phi) is 3.65. The van der Waals surface area contributed by atoms with Crippen molar-refractivity contribution in [2.75, 3.05) is 6.79 Å². The lowest BCUT2D eigenvalue weighted by Crippen LogP contribution is -2.22. The van der Waals surface area contributed by atoms with Gasteiger partial charge in [-0.05, 0) is 30.3 Å². The van der Waals surface area contributed by atoms with Gasteiger partial charge in [0.05, 0.1) is 12.1 Å². The maximum absolute atomic E-state index is 12.2. The molecule has 9 heteroatoms. The summed E-state index contributed by atoms with van der Waals surface area (Å²) in [7, 11) is 0. The number of hydrogen-bond donors (Lipinski definition) is 2. The van der Waals surface area contributed by atoms with Crippen LogP contribution >= 0.6 is 0 Å². The highest BCUT2D eigenvalue weighted by atomic mass is 16.7. The molecule has 4 rings (SSSR count). The van der Waals surface area contributed by atoms with Crippen molar-refractivity contribution in [2.24, 2.45) is 0 Å². The lowest BCUT2D eigenvalue weighted by Gasteiger charge is -2.03. The molecule has 0 spiro atoms. The maximum atomic E-state index is 12.2. The highest BCUT2D eigenvalue weighted by Crippen LogP contribution is 2.32. The number of amides is 1. The number of nitrogens with zero attached hydrogens (tertiary/aromatic N) is 2. The van der Waals surface area contributed by atoms with Gasteiger partial charge in [0.1, 0.15) is 0 Å². The van der Waals surface area contributed by atoms with E-state index in [4.69, 9.17) is 14.0 Å². The third-order valence-corrected chi connectivity index (χ3v) is 3.56. The first-order chi connectivity index (χ1) is 12.2. The van der Waals surface area contributed by atoms with Gasteiger partial charge >= 0.3 is 0 Å². The average molecular weight is 340 g/mol. The molecule has 2 N–H and O–H groups in total. The van der Waals surface area contributed by atoms with Gasteiger partial charge in [-0.25, -0.2) is 0 Å². The number of aromatic nitrogens is 3. The molecule has 0 radical (unpaired) electrons. The van der Waals surface area contributed by atoms with E-state index in [2.05, 4.69) is 20.4 Å². The summed E-state index contributed by atoms with van der Waals surface area (Å²) in [4.78, 5) is 30.5. The number of rotatable bonds is 4. The monoisotopic (exact) mass is 340 g/mol. The van der Waals surface area contributed by atoms with E-state index in [1.807, 2.05) is 0 Å². The first kappa shape index (κ1) is 14.9. The maximum Gasteiger partial charge on any atom is 0.259 e. The van der Waals surface area contributed by atoms with Gasteiger partial charge < -0.3 is 24.3 Å². The summed E-state index contributed by atoms with van der Waals surface area (Å²) in [5, 5.41) is 6.42. The number of aromatic amines is 1. The van der Waals surface area contributed by atoms with Crippen LogP contribution in [-0.4, -0.2) is 27.8 Å². The molecule has 126 valence electrons. The average Bonchev–Trinajstić information content (AvgIpc) is 3.28. The van der Waals surface area contributed by atoms with E-state index in [1.165, 1.54) is 6.20 Å². The molecular weight excluding hydrogens is 328 g/mol. The molecule has 0 bridgehead atoms. The van der Waals surface area contributed by atoms with Crippen LogP contribution in [0.1, 0.15) is 16.2 Å². The van der Waals surface area contributed by atoms with Crippen LogP contribution in [0.25, 0.3) is 11.4 Å². The summed E-state index contributed by atoms with van der Waals surface area (Å²) in [5.74, 6) is 1.15. The van der Waals surface area contributed by atoms with Crippen molar-refractivity contribution >= 4 is 5.91 Å². The molecular formula is C16H12N4O5. The summed E-state index contributed by atoms with van der Waals surface area (Å²) in [6.45, 7) is 0.175. The number of H-pyrrole nitrogens is 1. The number of hydrogen-bond acceptors (Lipinski definition) is 7. The van der Waals surface area contributed by atoms with E-state index in [9.17, 15) is 9.59 Å².